The number of benzene rings is 1. The van der Waals surface area contributed by atoms with Gasteiger partial charge >= 0.3 is 0 Å². The smallest absolute Gasteiger partial charge is 0.226 e. The molecule has 4 heteroatoms. The topological polar surface area (TPSA) is 46.3 Å². The van der Waals surface area contributed by atoms with E-state index in [9.17, 15) is 4.79 Å². The molecule has 1 saturated heterocycles. The Hall–Kier alpha value is -1.06. The van der Waals surface area contributed by atoms with Crippen molar-refractivity contribution in [2.75, 3.05) is 19.6 Å². The van der Waals surface area contributed by atoms with E-state index >= 15 is 0 Å². The third-order valence-corrected chi connectivity index (χ3v) is 6.22. The number of nitrogens with zero attached hydrogens (tertiary/aromatic N) is 1. The number of nitrogens with two attached hydrogens (primary N) is 1. The van der Waals surface area contributed by atoms with Crippen LogP contribution in [0.3, 0.4) is 0 Å². The fourth-order valence-corrected chi connectivity index (χ4v) is 4.94. The van der Waals surface area contributed by atoms with E-state index in [2.05, 4.69) is 29.2 Å². The molecule has 3 aliphatic rings. The molecule has 4 rings (SSSR count). The Morgan fingerprint density at radius 1 is 1.09 bits per heavy atom. The zero-order valence-corrected chi connectivity index (χ0v) is 14.4. The summed E-state index contributed by atoms with van der Waals surface area (Å²) in [5.74, 6) is 2.99. The molecule has 1 aliphatic heterocycles. The fourth-order valence-electron chi connectivity index (χ4n) is 4.94. The maximum atomic E-state index is 12.9. The number of halogens is 1. The lowest BCUT2D eigenvalue weighted by molar-refractivity contribution is -0.132. The number of hydrogen-bond donors (Lipinski definition) is 1. The summed E-state index contributed by atoms with van der Waals surface area (Å²) in [4.78, 5) is 15.0. The summed E-state index contributed by atoms with van der Waals surface area (Å²) in [5, 5.41) is 0. The Morgan fingerprint density at radius 2 is 1.74 bits per heavy atom. The van der Waals surface area contributed by atoms with Crippen LogP contribution in [-0.4, -0.2) is 30.4 Å². The van der Waals surface area contributed by atoms with Crippen LogP contribution in [0, 0.1) is 23.7 Å². The molecule has 1 aromatic carbocycles. The van der Waals surface area contributed by atoms with Gasteiger partial charge in [0.2, 0.25) is 5.91 Å². The highest BCUT2D eigenvalue weighted by molar-refractivity contribution is 5.85. The number of amides is 1. The van der Waals surface area contributed by atoms with Crippen LogP contribution in [0.1, 0.15) is 37.2 Å². The van der Waals surface area contributed by atoms with Crippen molar-refractivity contribution in [2.45, 2.75) is 31.6 Å². The zero-order valence-electron chi connectivity index (χ0n) is 13.6. The van der Waals surface area contributed by atoms with Gasteiger partial charge in [-0.15, -0.1) is 12.4 Å². The van der Waals surface area contributed by atoms with Crippen LogP contribution in [0.15, 0.2) is 30.3 Å². The molecular weight excluding hydrogens is 308 g/mol. The maximum absolute atomic E-state index is 12.9. The first-order chi connectivity index (χ1) is 10.8. The summed E-state index contributed by atoms with van der Waals surface area (Å²) < 4.78 is 0. The first-order valence-electron chi connectivity index (χ1n) is 8.83. The second-order valence-corrected chi connectivity index (χ2v) is 7.39. The van der Waals surface area contributed by atoms with Crippen molar-refractivity contribution in [1.29, 1.82) is 0 Å². The number of hydrogen-bond acceptors (Lipinski definition) is 2. The lowest BCUT2D eigenvalue weighted by Gasteiger charge is -2.17. The van der Waals surface area contributed by atoms with Crippen LogP contribution in [0.5, 0.6) is 0 Å². The van der Waals surface area contributed by atoms with E-state index in [0.717, 1.165) is 13.1 Å². The van der Waals surface area contributed by atoms with Crippen LogP contribution in [-0.2, 0) is 4.79 Å². The van der Waals surface area contributed by atoms with Crippen LogP contribution < -0.4 is 5.73 Å². The van der Waals surface area contributed by atoms with Gasteiger partial charge in [-0.25, -0.2) is 0 Å². The zero-order chi connectivity index (χ0) is 15.1. The largest absolute Gasteiger partial charge is 0.341 e. The molecule has 1 aromatic rings. The molecule has 1 amide bonds. The molecule has 0 bridgehead atoms. The van der Waals surface area contributed by atoms with Gasteiger partial charge in [-0.2, -0.15) is 0 Å². The van der Waals surface area contributed by atoms with Crippen molar-refractivity contribution in [3.63, 3.8) is 0 Å². The molecule has 4 atom stereocenters. The highest BCUT2D eigenvalue weighted by Gasteiger charge is 2.56. The Bertz CT molecular complexity index is 538. The van der Waals surface area contributed by atoms with Crippen molar-refractivity contribution in [3.8, 4) is 0 Å². The van der Waals surface area contributed by atoms with Crippen molar-refractivity contribution < 1.29 is 4.79 Å². The molecule has 2 aliphatic carbocycles. The van der Waals surface area contributed by atoms with Gasteiger partial charge in [0, 0.05) is 24.9 Å². The number of rotatable bonds is 3. The third-order valence-electron chi connectivity index (χ3n) is 6.22. The summed E-state index contributed by atoms with van der Waals surface area (Å²) in [6.07, 6.45) is 5.20. The molecule has 2 N–H and O–H groups in total. The highest BCUT2D eigenvalue weighted by atomic mass is 35.5. The van der Waals surface area contributed by atoms with Gasteiger partial charge in [0.05, 0.1) is 0 Å². The first-order valence-corrected chi connectivity index (χ1v) is 8.83. The second-order valence-electron chi connectivity index (χ2n) is 7.39. The average Bonchev–Trinajstić information content (AvgIpc) is 3.14. The van der Waals surface area contributed by atoms with E-state index < -0.39 is 0 Å². The molecule has 3 fully saturated rings. The lowest BCUT2D eigenvalue weighted by atomic mass is 9.89. The average molecular weight is 335 g/mol. The highest BCUT2D eigenvalue weighted by Crippen LogP contribution is 2.56. The monoisotopic (exact) mass is 334 g/mol. The Kier molecular flexibility index (Phi) is 4.98. The van der Waals surface area contributed by atoms with Crippen LogP contribution in [0.25, 0.3) is 0 Å². The van der Waals surface area contributed by atoms with Crippen molar-refractivity contribution in [3.05, 3.63) is 35.9 Å². The lowest BCUT2D eigenvalue weighted by Crippen LogP contribution is -2.31. The van der Waals surface area contributed by atoms with E-state index in [4.69, 9.17) is 5.73 Å². The summed E-state index contributed by atoms with van der Waals surface area (Å²) >= 11 is 0. The summed E-state index contributed by atoms with van der Waals surface area (Å²) in [6.45, 7) is 2.38. The fraction of sp³-hybridized carbons (Fsp3) is 0.632. The molecule has 0 spiro atoms. The predicted molar refractivity (Wildman–Crippen MR) is 94.5 cm³/mol. The second kappa shape index (κ2) is 6.82. The SMILES string of the molecule is Cl.NC[C@@H]1CN(C(=O)C2C3CCCCC32)C[C@H]1c1ccccc1. The van der Waals surface area contributed by atoms with Crippen LogP contribution in [0.2, 0.25) is 0 Å². The maximum Gasteiger partial charge on any atom is 0.226 e. The van der Waals surface area contributed by atoms with Crippen LogP contribution in [0.4, 0.5) is 0 Å². The molecule has 126 valence electrons. The number of fused-ring (bicyclic) bond motifs is 1. The number of likely N-dealkylation sites (tertiary alicyclic amines) is 1. The van der Waals surface area contributed by atoms with Crippen molar-refractivity contribution in [1.82, 2.24) is 4.90 Å². The van der Waals surface area contributed by atoms with Crippen molar-refractivity contribution >= 4 is 18.3 Å². The number of carbonyl (C=O) groups excluding carboxylic acids is 1. The van der Waals surface area contributed by atoms with Gasteiger partial charge in [0.1, 0.15) is 0 Å². The first kappa shape index (κ1) is 16.8. The summed E-state index contributed by atoms with van der Waals surface area (Å²) in [5.41, 5.74) is 7.33. The molecule has 2 saturated carbocycles. The van der Waals surface area contributed by atoms with Crippen LogP contribution >= 0.6 is 12.4 Å². The molecule has 2 unspecified atom stereocenters. The quantitative estimate of drug-likeness (QED) is 0.923. The van der Waals surface area contributed by atoms with Crippen molar-refractivity contribution in [2.24, 2.45) is 29.4 Å². The van der Waals surface area contributed by atoms with Gasteiger partial charge in [0.15, 0.2) is 0 Å². The molecular formula is C19H27ClN2O. The van der Waals surface area contributed by atoms with Gasteiger partial charge in [-0.1, -0.05) is 43.2 Å². The number of carbonyl (C=O) groups is 1. The van der Waals surface area contributed by atoms with E-state index in [0.29, 0.717) is 42.0 Å². The normalized spacial score (nSPS) is 35.3. The molecule has 0 radical (unpaired) electrons. The van der Waals surface area contributed by atoms with Gasteiger partial charge < -0.3 is 10.6 Å². The summed E-state index contributed by atoms with van der Waals surface area (Å²) in [6, 6.07) is 10.6. The predicted octanol–water partition coefficient (Wildman–Crippen LogP) is 3.05. The van der Waals surface area contributed by atoms with Gasteiger partial charge in [0.25, 0.3) is 0 Å². The van der Waals surface area contributed by atoms with Gasteiger partial charge in [-0.05, 0) is 42.7 Å². The Balaban J connectivity index is 0.00000156. The minimum absolute atomic E-state index is 0. The van der Waals surface area contributed by atoms with E-state index in [-0.39, 0.29) is 12.4 Å². The minimum Gasteiger partial charge on any atom is -0.341 e. The third kappa shape index (κ3) is 3.01. The summed E-state index contributed by atoms with van der Waals surface area (Å²) in [7, 11) is 0. The molecule has 3 nitrogen and oxygen atoms in total. The van der Waals surface area contributed by atoms with E-state index in [1.54, 1.807) is 0 Å². The van der Waals surface area contributed by atoms with E-state index in [1.165, 1.54) is 31.2 Å². The Labute approximate surface area is 145 Å². The van der Waals surface area contributed by atoms with E-state index in [1.807, 2.05) is 6.07 Å². The van der Waals surface area contributed by atoms with Gasteiger partial charge in [-0.3, -0.25) is 4.79 Å². The standard InChI is InChI=1S/C19H26N2O.ClH/c20-10-14-11-21(12-17(14)13-6-2-1-3-7-13)19(22)18-15-8-4-5-9-16(15)18;/h1-3,6-7,14-18H,4-5,8-12,20H2;1H/t14-,15?,16?,17+,18?;/m1./s1. The minimum atomic E-state index is 0. The molecule has 23 heavy (non-hydrogen) atoms. The molecule has 1 heterocycles. The molecule has 0 aromatic heterocycles. The Morgan fingerprint density at radius 3 is 2.35 bits per heavy atom.